The van der Waals surface area contributed by atoms with Crippen molar-refractivity contribution < 1.29 is 19.1 Å². The van der Waals surface area contributed by atoms with Gasteiger partial charge in [0.25, 0.3) is 0 Å². The minimum absolute atomic E-state index is 0.152. The lowest BCUT2D eigenvalue weighted by atomic mass is 9.86. The zero-order chi connectivity index (χ0) is 20.5. The Morgan fingerprint density at radius 2 is 1.52 bits per heavy atom. The molecule has 1 aliphatic carbocycles. The molecule has 0 saturated carbocycles. The summed E-state index contributed by atoms with van der Waals surface area (Å²) in [6.45, 7) is 3.91. The van der Waals surface area contributed by atoms with Gasteiger partial charge in [0, 0.05) is 22.5 Å². The summed E-state index contributed by atoms with van der Waals surface area (Å²) in [6.07, 6.45) is 1.28. The van der Waals surface area contributed by atoms with Gasteiger partial charge in [0.05, 0.1) is 17.7 Å². The average molecular weight is 387 g/mol. The molecule has 0 fully saturated rings. The van der Waals surface area contributed by atoms with Gasteiger partial charge in [-0.15, -0.1) is 0 Å². The second-order valence-electron chi connectivity index (χ2n) is 6.89. The van der Waals surface area contributed by atoms with Gasteiger partial charge in [-0.3, -0.25) is 9.59 Å². The van der Waals surface area contributed by atoms with Crippen LogP contribution < -0.4 is 0 Å². The Morgan fingerprint density at radius 1 is 0.897 bits per heavy atom. The molecule has 146 valence electrons. The molecule has 0 radical (unpaired) electrons. The van der Waals surface area contributed by atoms with Crippen molar-refractivity contribution in [1.82, 2.24) is 4.57 Å². The van der Waals surface area contributed by atoms with E-state index >= 15 is 0 Å². The van der Waals surface area contributed by atoms with E-state index < -0.39 is 5.97 Å². The van der Waals surface area contributed by atoms with Crippen LogP contribution in [0.3, 0.4) is 0 Å². The van der Waals surface area contributed by atoms with E-state index in [0.29, 0.717) is 23.2 Å². The molecule has 0 saturated heterocycles. The molecule has 29 heavy (non-hydrogen) atoms. The molecule has 1 heterocycles. The number of hydrogen-bond donors (Lipinski definition) is 0. The van der Waals surface area contributed by atoms with Gasteiger partial charge in [0.1, 0.15) is 5.69 Å². The fraction of sp³-hybridized carbons (Fsp3) is 0.208. The lowest BCUT2D eigenvalue weighted by Crippen LogP contribution is -2.23. The molecule has 0 bridgehead atoms. The predicted molar refractivity (Wildman–Crippen MR) is 109 cm³/mol. The summed E-state index contributed by atoms with van der Waals surface area (Å²) in [6, 6.07) is 16.1. The number of carbonyl (C=O) groups is 3. The van der Waals surface area contributed by atoms with Crippen molar-refractivity contribution in [1.29, 1.82) is 0 Å². The molecule has 1 aromatic heterocycles. The van der Waals surface area contributed by atoms with Gasteiger partial charge in [-0.1, -0.05) is 55.8 Å². The predicted octanol–water partition coefficient (Wildman–Crippen LogP) is 4.38. The second kappa shape index (κ2) is 7.51. The van der Waals surface area contributed by atoms with E-state index in [1.54, 1.807) is 35.8 Å². The zero-order valence-electron chi connectivity index (χ0n) is 16.4. The van der Waals surface area contributed by atoms with Crippen molar-refractivity contribution in [3.8, 4) is 5.69 Å². The molecule has 5 nitrogen and oxygen atoms in total. The molecule has 0 unspecified atom stereocenters. The summed E-state index contributed by atoms with van der Waals surface area (Å²) in [5, 5.41) is 0. The standard InChI is InChI=1S/C24H21NO4/c1-3-10-18-19(24(28)29-4-2)20-21(25(18)15-11-6-5-7-12-15)23(27)17-14-9-8-13-16(17)22(20)26/h5-9,11-14H,3-4,10H2,1-2H3. The van der Waals surface area contributed by atoms with Crippen LogP contribution in [-0.4, -0.2) is 28.7 Å². The monoisotopic (exact) mass is 387 g/mol. The van der Waals surface area contributed by atoms with E-state index in [9.17, 15) is 14.4 Å². The van der Waals surface area contributed by atoms with Gasteiger partial charge < -0.3 is 9.30 Å². The number of fused-ring (bicyclic) bond motifs is 2. The zero-order valence-corrected chi connectivity index (χ0v) is 16.4. The van der Waals surface area contributed by atoms with E-state index in [-0.39, 0.29) is 35.0 Å². The first kappa shape index (κ1) is 18.9. The Bertz CT molecular complexity index is 1130. The fourth-order valence-corrected chi connectivity index (χ4v) is 3.96. The van der Waals surface area contributed by atoms with Crippen molar-refractivity contribution in [2.45, 2.75) is 26.7 Å². The number of carbonyl (C=O) groups excluding carboxylic acids is 3. The Balaban J connectivity index is 2.11. The van der Waals surface area contributed by atoms with E-state index in [4.69, 9.17) is 4.74 Å². The molecule has 0 N–H and O–H groups in total. The van der Waals surface area contributed by atoms with Crippen molar-refractivity contribution in [2.75, 3.05) is 6.61 Å². The Hall–Kier alpha value is -3.47. The highest BCUT2D eigenvalue weighted by Gasteiger charge is 2.40. The summed E-state index contributed by atoms with van der Waals surface area (Å²) in [5.41, 5.74) is 2.66. The fourth-order valence-electron chi connectivity index (χ4n) is 3.96. The summed E-state index contributed by atoms with van der Waals surface area (Å²) in [5.74, 6) is -1.14. The van der Waals surface area contributed by atoms with Crippen molar-refractivity contribution in [3.63, 3.8) is 0 Å². The third-order valence-electron chi connectivity index (χ3n) is 5.11. The maximum absolute atomic E-state index is 13.5. The molecular weight excluding hydrogens is 366 g/mol. The van der Waals surface area contributed by atoms with E-state index in [1.807, 2.05) is 37.3 Å². The topological polar surface area (TPSA) is 65.4 Å². The summed E-state index contributed by atoms with van der Waals surface area (Å²) < 4.78 is 7.05. The van der Waals surface area contributed by atoms with Crippen LogP contribution in [0.25, 0.3) is 5.69 Å². The molecule has 1 aliphatic rings. The number of ether oxygens (including phenoxy) is 1. The lowest BCUT2D eigenvalue weighted by Gasteiger charge is -2.18. The van der Waals surface area contributed by atoms with Gasteiger partial charge in [-0.05, 0) is 25.5 Å². The molecule has 2 aromatic carbocycles. The van der Waals surface area contributed by atoms with Crippen LogP contribution in [0.1, 0.15) is 68.3 Å². The third kappa shape index (κ3) is 2.90. The minimum atomic E-state index is -0.567. The molecule has 5 heteroatoms. The Labute approximate surface area is 168 Å². The van der Waals surface area contributed by atoms with Crippen LogP contribution >= 0.6 is 0 Å². The third-order valence-corrected chi connectivity index (χ3v) is 5.11. The number of benzene rings is 2. The van der Waals surface area contributed by atoms with Gasteiger partial charge in [-0.2, -0.15) is 0 Å². The van der Waals surface area contributed by atoms with Crippen molar-refractivity contribution in [3.05, 3.63) is 88.2 Å². The van der Waals surface area contributed by atoms with Gasteiger partial charge in [-0.25, -0.2) is 4.79 Å². The van der Waals surface area contributed by atoms with Gasteiger partial charge in [0.15, 0.2) is 5.78 Å². The number of aromatic nitrogens is 1. The maximum atomic E-state index is 13.5. The van der Waals surface area contributed by atoms with Crippen LogP contribution in [0.5, 0.6) is 0 Å². The molecular formula is C24H21NO4. The number of hydrogen-bond acceptors (Lipinski definition) is 4. The van der Waals surface area contributed by atoms with Crippen LogP contribution in [0.4, 0.5) is 0 Å². The number of nitrogens with zero attached hydrogens (tertiary/aromatic N) is 1. The first-order valence-electron chi connectivity index (χ1n) is 9.78. The molecule has 4 rings (SSSR count). The SMILES string of the molecule is CCCc1c(C(=O)OCC)c2c(n1-c1ccccc1)C(=O)c1ccccc1C2=O. The number of rotatable bonds is 5. The molecule has 0 spiro atoms. The number of para-hydroxylation sites is 1. The highest BCUT2D eigenvalue weighted by molar-refractivity contribution is 6.30. The highest BCUT2D eigenvalue weighted by Crippen LogP contribution is 2.36. The van der Waals surface area contributed by atoms with Crippen LogP contribution in [-0.2, 0) is 11.2 Å². The van der Waals surface area contributed by atoms with Crippen molar-refractivity contribution in [2.24, 2.45) is 0 Å². The largest absolute Gasteiger partial charge is 0.462 e. The van der Waals surface area contributed by atoms with Gasteiger partial charge >= 0.3 is 5.97 Å². The molecule has 3 aromatic rings. The van der Waals surface area contributed by atoms with Crippen LogP contribution in [0.15, 0.2) is 54.6 Å². The first-order chi connectivity index (χ1) is 14.1. The van der Waals surface area contributed by atoms with E-state index in [2.05, 4.69) is 0 Å². The quantitative estimate of drug-likeness (QED) is 0.477. The summed E-state index contributed by atoms with van der Waals surface area (Å²) in [7, 11) is 0. The van der Waals surface area contributed by atoms with Crippen LogP contribution in [0, 0.1) is 0 Å². The highest BCUT2D eigenvalue weighted by atomic mass is 16.5. The average Bonchev–Trinajstić information content (AvgIpc) is 3.08. The van der Waals surface area contributed by atoms with Gasteiger partial charge in [0.2, 0.25) is 5.78 Å². The molecule has 0 atom stereocenters. The summed E-state index contributed by atoms with van der Waals surface area (Å²) >= 11 is 0. The smallest absolute Gasteiger partial charge is 0.340 e. The Kier molecular flexibility index (Phi) is 4.89. The normalized spacial score (nSPS) is 12.5. The lowest BCUT2D eigenvalue weighted by molar-refractivity contribution is 0.0522. The number of ketones is 2. The van der Waals surface area contributed by atoms with Crippen LogP contribution in [0.2, 0.25) is 0 Å². The number of esters is 1. The second-order valence-corrected chi connectivity index (χ2v) is 6.89. The van der Waals surface area contributed by atoms with E-state index in [1.165, 1.54) is 0 Å². The van der Waals surface area contributed by atoms with Crippen molar-refractivity contribution >= 4 is 17.5 Å². The maximum Gasteiger partial charge on any atom is 0.340 e. The Morgan fingerprint density at radius 3 is 2.14 bits per heavy atom. The van der Waals surface area contributed by atoms with E-state index in [0.717, 1.165) is 12.1 Å². The molecule has 0 amide bonds. The molecule has 0 aliphatic heterocycles. The summed E-state index contributed by atoms with van der Waals surface area (Å²) in [4.78, 5) is 39.8. The minimum Gasteiger partial charge on any atom is -0.462 e. The first-order valence-corrected chi connectivity index (χ1v) is 9.78.